The van der Waals surface area contributed by atoms with Gasteiger partial charge in [-0.15, -0.1) is 0 Å². The van der Waals surface area contributed by atoms with E-state index in [1.54, 1.807) is 19.0 Å². The van der Waals surface area contributed by atoms with Crippen molar-refractivity contribution in [1.29, 1.82) is 0 Å². The van der Waals surface area contributed by atoms with Gasteiger partial charge in [-0.25, -0.2) is 0 Å². The Bertz CT molecular complexity index is 158. The van der Waals surface area contributed by atoms with Crippen LogP contribution in [0.25, 0.3) is 0 Å². The number of halogens is 3. The highest BCUT2D eigenvalue weighted by molar-refractivity contribution is 4.95. The number of rotatable bonds is 2. The van der Waals surface area contributed by atoms with Crippen LogP contribution in [0.4, 0.5) is 13.2 Å². The molecule has 0 aromatic heterocycles. The van der Waals surface area contributed by atoms with E-state index in [4.69, 9.17) is 0 Å². The van der Waals surface area contributed by atoms with Gasteiger partial charge in [0.15, 0.2) is 0 Å². The van der Waals surface area contributed by atoms with Crippen LogP contribution in [-0.4, -0.2) is 31.7 Å². The smallest absolute Gasteiger partial charge is 0.309 e. The number of alkyl halides is 3. The normalized spacial score (nSPS) is 22.5. The summed E-state index contributed by atoms with van der Waals surface area (Å²) in [6.07, 6.45) is -2.70. The molecule has 0 radical (unpaired) electrons. The Morgan fingerprint density at radius 3 is 1.83 bits per heavy atom. The summed E-state index contributed by atoms with van der Waals surface area (Å²) in [5.41, 5.74) is -1.39. The Morgan fingerprint density at radius 1 is 1.25 bits per heavy atom. The average molecular weight is 181 g/mol. The molecule has 1 aliphatic carbocycles. The second kappa shape index (κ2) is 2.91. The van der Waals surface area contributed by atoms with Gasteiger partial charge in [-0.2, -0.15) is 13.2 Å². The van der Waals surface area contributed by atoms with E-state index in [9.17, 15) is 13.2 Å². The van der Waals surface area contributed by atoms with E-state index in [1.807, 2.05) is 0 Å². The third kappa shape index (κ3) is 1.58. The molecule has 4 heteroatoms. The van der Waals surface area contributed by atoms with Gasteiger partial charge in [0, 0.05) is 6.54 Å². The molecule has 0 amide bonds. The Balaban J connectivity index is 2.63. The lowest BCUT2D eigenvalue weighted by Crippen LogP contribution is -2.50. The Kier molecular flexibility index (Phi) is 2.38. The lowest BCUT2D eigenvalue weighted by molar-refractivity contribution is -0.254. The molecule has 0 aliphatic heterocycles. The zero-order chi connectivity index (χ0) is 9.41. The quantitative estimate of drug-likeness (QED) is 0.631. The third-order valence-electron chi connectivity index (χ3n) is 2.53. The fraction of sp³-hybridized carbons (Fsp3) is 1.00. The molecule has 72 valence electrons. The molecule has 0 bridgehead atoms. The second-order valence-electron chi connectivity index (χ2n) is 3.87. The third-order valence-corrected chi connectivity index (χ3v) is 2.53. The monoisotopic (exact) mass is 181 g/mol. The van der Waals surface area contributed by atoms with Crippen LogP contribution in [0.15, 0.2) is 0 Å². The largest absolute Gasteiger partial charge is 0.395 e. The van der Waals surface area contributed by atoms with Crippen molar-refractivity contribution < 1.29 is 13.2 Å². The first-order chi connectivity index (χ1) is 5.37. The molecule has 1 aliphatic rings. The molecular weight excluding hydrogens is 167 g/mol. The van der Waals surface area contributed by atoms with Gasteiger partial charge in [0.05, 0.1) is 5.41 Å². The van der Waals surface area contributed by atoms with Crippen molar-refractivity contribution in [1.82, 2.24) is 4.90 Å². The van der Waals surface area contributed by atoms with Gasteiger partial charge >= 0.3 is 6.18 Å². The second-order valence-corrected chi connectivity index (χ2v) is 3.87. The zero-order valence-electron chi connectivity index (χ0n) is 7.41. The number of hydrogen-bond acceptors (Lipinski definition) is 1. The predicted octanol–water partition coefficient (Wildman–Crippen LogP) is 2.28. The molecule has 0 aromatic carbocycles. The molecule has 1 rings (SSSR count). The van der Waals surface area contributed by atoms with Crippen LogP contribution in [0.1, 0.15) is 19.3 Å². The maximum Gasteiger partial charge on any atom is 0.395 e. The lowest BCUT2D eigenvalue weighted by atomic mass is 9.68. The van der Waals surface area contributed by atoms with Crippen LogP contribution in [0.3, 0.4) is 0 Å². The van der Waals surface area contributed by atoms with Gasteiger partial charge in [-0.1, -0.05) is 6.42 Å². The summed E-state index contributed by atoms with van der Waals surface area (Å²) in [7, 11) is 3.37. The van der Waals surface area contributed by atoms with Crippen LogP contribution >= 0.6 is 0 Å². The fourth-order valence-corrected chi connectivity index (χ4v) is 1.74. The van der Waals surface area contributed by atoms with Crippen molar-refractivity contribution in [3.05, 3.63) is 0 Å². The van der Waals surface area contributed by atoms with Crippen molar-refractivity contribution in [2.45, 2.75) is 25.4 Å². The summed E-state index contributed by atoms with van der Waals surface area (Å²) >= 11 is 0. The summed E-state index contributed by atoms with van der Waals surface area (Å²) in [5, 5.41) is 0. The van der Waals surface area contributed by atoms with Crippen LogP contribution in [0, 0.1) is 5.41 Å². The maximum atomic E-state index is 12.5. The summed E-state index contributed by atoms with van der Waals surface area (Å²) < 4.78 is 37.5. The van der Waals surface area contributed by atoms with Crippen molar-refractivity contribution in [3.8, 4) is 0 Å². The number of hydrogen-bond donors (Lipinski definition) is 0. The first-order valence-corrected chi connectivity index (χ1v) is 4.09. The molecule has 0 heterocycles. The van der Waals surface area contributed by atoms with E-state index in [0.717, 1.165) is 0 Å². The van der Waals surface area contributed by atoms with Crippen LogP contribution in [-0.2, 0) is 0 Å². The minimum atomic E-state index is -4.02. The van der Waals surface area contributed by atoms with Crippen LogP contribution in [0.5, 0.6) is 0 Å². The van der Waals surface area contributed by atoms with Crippen LogP contribution in [0.2, 0.25) is 0 Å². The summed E-state index contributed by atoms with van der Waals surface area (Å²) in [4.78, 5) is 1.62. The first-order valence-electron chi connectivity index (χ1n) is 4.09. The van der Waals surface area contributed by atoms with E-state index in [0.29, 0.717) is 19.3 Å². The molecule has 0 atom stereocenters. The van der Waals surface area contributed by atoms with E-state index < -0.39 is 11.6 Å². The molecule has 0 saturated heterocycles. The van der Waals surface area contributed by atoms with Crippen molar-refractivity contribution in [2.24, 2.45) is 5.41 Å². The lowest BCUT2D eigenvalue weighted by Gasteiger charge is -2.44. The summed E-state index contributed by atoms with van der Waals surface area (Å²) in [5.74, 6) is 0. The Hall–Kier alpha value is -0.250. The molecule has 1 fully saturated rings. The average Bonchev–Trinajstić information content (AvgIpc) is 1.74. The highest BCUT2D eigenvalue weighted by atomic mass is 19.4. The Labute approximate surface area is 70.5 Å². The van der Waals surface area contributed by atoms with Crippen LogP contribution < -0.4 is 0 Å². The van der Waals surface area contributed by atoms with Crippen molar-refractivity contribution >= 4 is 0 Å². The number of nitrogens with zero attached hydrogens (tertiary/aromatic N) is 1. The molecule has 1 saturated carbocycles. The molecule has 0 unspecified atom stereocenters. The SMILES string of the molecule is CN(C)CC1(C(F)(F)F)CCC1. The van der Waals surface area contributed by atoms with E-state index in [2.05, 4.69) is 0 Å². The van der Waals surface area contributed by atoms with Gasteiger partial charge in [0.2, 0.25) is 0 Å². The molecule has 0 aromatic rings. The van der Waals surface area contributed by atoms with Crippen molar-refractivity contribution in [2.75, 3.05) is 20.6 Å². The van der Waals surface area contributed by atoms with Gasteiger partial charge in [-0.05, 0) is 26.9 Å². The fourth-order valence-electron chi connectivity index (χ4n) is 1.74. The minimum Gasteiger partial charge on any atom is -0.309 e. The van der Waals surface area contributed by atoms with Crippen molar-refractivity contribution in [3.63, 3.8) is 0 Å². The van der Waals surface area contributed by atoms with Gasteiger partial charge in [0.25, 0.3) is 0 Å². The van der Waals surface area contributed by atoms with Gasteiger partial charge in [-0.3, -0.25) is 0 Å². The molecule has 1 nitrogen and oxygen atoms in total. The van der Waals surface area contributed by atoms with Gasteiger partial charge in [0.1, 0.15) is 0 Å². The highest BCUT2D eigenvalue weighted by Crippen LogP contribution is 2.53. The predicted molar refractivity (Wildman–Crippen MR) is 40.9 cm³/mol. The zero-order valence-corrected chi connectivity index (χ0v) is 7.41. The molecular formula is C8H14F3N. The van der Waals surface area contributed by atoms with E-state index in [-0.39, 0.29) is 6.54 Å². The first kappa shape index (κ1) is 9.84. The van der Waals surface area contributed by atoms with E-state index >= 15 is 0 Å². The summed E-state index contributed by atoms with van der Waals surface area (Å²) in [6.45, 7) is 0.135. The highest BCUT2D eigenvalue weighted by Gasteiger charge is 2.57. The molecule has 12 heavy (non-hydrogen) atoms. The van der Waals surface area contributed by atoms with E-state index in [1.165, 1.54) is 0 Å². The Morgan fingerprint density at radius 2 is 1.75 bits per heavy atom. The molecule has 0 N–H and O–H groups in total. The topological polar surface area (TPSA) is 3.24 Å². The maximum absolute atomic E-state index is 12.5. The standard InChI is InChI=1S/C8H14F3N/c1-12(2)6-7(4-3-5-7)8(9,10)11/h3-6H2,1-2H3. The summed E-state index contributed by atoms with van der Waals surface area (Å²) in [6, 6.07) is 0. The molecule has 0 spiro atoms. The van der Waals surface area contributed by atoms with Gasteiger partial charge < -0.3 is 4.90 Å². The minimum absolute atomic E-state index is 0.135.